The molecule has 0 amide bonds. The minimum absolute atomic E-state index is 0.0906. The molecule has 0 spiro atoms. The molecule has 2 bridgehead atoms. The molecule has 2 heterocycles. The summed E-state index contributed by atoms with van der Waals surface area (Å²) in [4.78, 5) is 4.78. The van der Waals surface area contributed by atoms with Crippen LogP contribution >= 0.6 is 0 Å². The largest absolute Gasteiger partial charge is 0.396 e. The van der Waals surface area contributed by atoms with Gasteiger partial charge in [0, 0.05) is 31.2 Å². The van der Waals surface area contributed by atoms with Crippen LogP contribution in [0.3, 0.4) is 0 Å². The maximum Gasteiger partial charge on any atom is 0.232 e. The van der Waals surface area contributed by atoms with Crippen molar-refractivity contribution in [2.24, 2.45) is 5.41 Å². The summed E-state index contributed by atoms with van der Waals surface area (Å²) >= 11 is 0. The molecule has 5 heteroatoms. The van der Waals surface area contributed by atoms with Gasteiger partial charge in [0.2, 0.25) is 5.89 Å². The summed E-state index contributed by atoms with van der Waals surface area (Å²) in [6.07, 6.45) is 8.55. The average Bonchev–Trinajstić information content (AvgIpc) is 3.08. The second-order valence-corrected chi connectivity index (χ2v) is 7.28. The van der Waals surface area contributed by atoms with Crippen molar-refractivity contribution in [2.45, 2.75) is 62.7 Å². The van der Waals surface area contributed by atoms with Crippen LogP contribution in [0, 0.1) is 5.41 Å². The van der Waals surface area contributed by atoms with E-state index in [1.165, 1.54) is 0 Å². The molecular formula is C16H24N2O3. The maximum atomic E-state index is 9.63. The quantitative estimate of drug-likeness (QED) is 0.927. The highest BCUT2D eigenvalue weighted by Gasteiger charge is 2.51. The summed E-state index contributed by atoms with van der Waals surface area (Å²) in [5, 5.41) is 13.9. The van der Waals surface area contributed by atoms with Crippen LogP contribution in [0.1, 0.15) is 69.0 Å². The van der Waals surface area contributed by atoms with E-state index < -0.39 is 0 Å². The van der Waals surface area contributed by atoms with Gasteiger partial charge in [0.1, 0.15) is 0 Å². The first-order chi connectivity index (χ1) is 10.3. The number of hydrogen-bond acceptors (Lipinski definition) is 5. The zero-order chi connectivity index (χ0) is 14.3. The minimum atomic E-state index is 0.0906. The number of fused-ring (bicyclic) bond motifs is 3. The summed E-state index contributed by atoms with van der Waals surface area (Å²) in [7, 11) is 0. The number of aromatic nitrogens is 2. The third-order valence-electron chi connectivity index (χ3n) is 6.22. The van der Waals surface area contributed by atoms with E-state index in [-0.39, 0.29) is 10.8 Å². The molecule has 0 unspecified atom stereocenters. The lowest BCUT2D eigenvalue weighted by atomic mass is 9.54. The zero-order valence-electron chi connectivity index (χ0n) is 12.5. The SMILES string of the molecule is OCC12CCC(c3nc(C4CCOCC4)no3)(CC1)CC2. The highest BCUT2D eigenvalue weighted by Crippen LogP contribution is 2.57. The summed E-state index contributed by atoms with van der Waals surface area (Å²) < 4.78 is 11.1. The number of aliphatic hydroxyl groups excluding tert-OH is 1. The molecule has 5 nitrogen and oxygen atoms in total. The van der Waals surface area contributed by atoms with Gasteiger partial charge >= 0.3 is 0 Å². The van der Waals surface area contributed by atoms with E-state index in [0.717, 1.165) is 76.3 Å². The number of rotatable bonds is 3. The molecule has 116 valence electrons. The molecule has 1 aliphatic heterocycles. The van der Waals surface area contributed by atoms with E-state index in [1.807, 2.05) is 0 Å². The molecule has 1 saturated heterocycles. The molecule has 0 radical (unpaired) electrons. The highest BCUT2D eigenvalue weighted by atomic mass is 16.5. The fourth-order valence-corrected chi connectivity index (χ4v) is 4.39. The Labute approximate surface area is 125 Å². The summed E-state index contributed by atoms with van der Waals surface area (Å²) in [6, 6.07) is 0. The first-order valence-corrected chi connectivity index (χ1v) is 8.28. The lowest BCUT2D eigenvalue weighted by Gasteiger charge is -2.51. The Morgan fingerprint density at radius 3 is 2.33 bits per heavy atom. The Balaban J connectivity index is 1.53. The van der Waals surface area contributed by atoms with E-state index in [9.17, 15) is 5.11 Å². The molecule has 4 aliphatic rings. The summed E-state index contributed by atoms with van der Waals surface area (Å²) in [6.45, 7) is 1.94. The Hall–Kier alpha value is -0.940. The van der Waals surface area contributed by atoms with Crippen molar-refractivity contribution in [1.82, 2.24) is 10.1 Å². The van der Waals surface area contributed by atoms with E-state index in [1.54, 1.807) is 0 Å². The topological polar surface area (TPSA) is 68.4 Å². The minimum Gasteiger partial charge on any atom is -0.396 e. The van der Waals surface area contributed by atoms with Crippen molar-refractivity contribution in [3.05, 3.63) is 11.7 Å². The molecule has 1 N–H and O–H groups in total. The molecule has 3 aliphatic carbocycles. The Kier molecular flexibility index (Phi) is 3.30. The standard InChI is InChI=1S/C16H24N2O3/c19-11-15-3-6-16(7-4-15,8-5-15)14-17-13(18-21-14)12-1-9-20-10-2-12/h12,19H,1-11H2. The van der Waals surface area contributed by atoms with Crippen molar-refractivity contribution in [3.8, 4) is 0 Å². The van der Waals surface area contributed by atoms with E-state index in [2.05, 4.69) is 5.16 Å². The molecule has 1 aromatic heterocycles. The fourth-order valence-electron chi connectivity index (χ4n) is 4.39. The van der Waals surface area contributed by atoms with Crippen molar-refractivity contribution in [2.75, 3.05) is 19.8 Å². The predicted molar refractivity (Wildman–Crippen MR) is 76.0 cm³/mol. The number of aliphatic hydroxyl groups is 1. The van der Waals surface area contributed by atoms with Crippen LogP contribution in [0.5, 0.6) is 0 Å². The normalized spacial score (nSPS) is 37.0. The van der Waals surface area contributed by atoms with Crippen LogP contribution in [0.2, 0.25) is 0 Å². The highest BCUT2D eigenvalue weighted by molar-refractivity contribution is 5.14. The molecule has 3 saturated carbocycles. The van der Waals surface area contributed by atoms with Gasteiger partial charge < -0.3 is 14.4 Å². The van der Waals surface area contributed by atoms with Crippen LogP contribution in [-0.4, -0.2) is 35.1 Å². The third-order valence-corrected chi connectivity index (χ3v) is 6.22. The van der Waals surface area contributed by atoms with E-state index >= 15 is 0 Å². The van der Waals surface area contributed by atoms with Crippen molar-refractivity contribution >= 4 is 0 Å². The Bertz CT molecular complexity index is 483. The summed E-state index contributed by atoms with van der Waals surface area (Å²) in [5.74, 6) is 2.14. The summed E-state index contributed by atoms with van der Waals surface area (Å²) in [5.41, 5.74) is 0.276. The van der Waals surface area contributed by atoms with Gasteiger partial charge in [0.05, 0.1) is 0 Å². The second kappa shape index (κ2) is 5.06. The molecule has 0 atom stereocenters. The molecule has 0 aromatic carbocycles. The fraction of sp³-hybridized carbons (Fsp3) is 0.875. The van der Waals surface area contributed by atoms with Crippen molar-refractivity contribution < 1.29 is 14.4 Å². The molecular weight excluding hydrogens is 268 g/mol. The number of ether oxygens (including phenoxy) is 1. The van der Waals surface area contributed by atoms with Crippen LogP contribution in [0.25, 0.3) is 0 Å². The van der Waals surface area contributed by atoms with E-state index in [0.29, 0.717) is 12.5 Å². The molecule has 1 aromatic rings. The molecule has 21 heavy (non-hydrogen) atoms. The lowest BCUT2D eigenvalue weighted by Crippen LogP contribution is -2.46. The van der Waals surface area contributed by atoms with Crippen LogP contribution in [0.4, 0.5) is 0 Å². The lowest BCUT2D eigenvalue weighted by molar-refractivity contribution is -0.0175. The maximum absolute atomic E-state index is 9.63. The van der Waals surface area contributed by atoms with Crippen molar-refractivity contribution in [3.63, 3.8) is 0 Å². The average molecular weight is 292 g/mol. The van der Waals surface area contributed by atoms with Crippen LogP contribution in [0.15, 0.2) is 4.52 Å². The number of nitrogens with zero attached hydrogens (tertiary/aromatic N) is 2. The van der Waals surface area contributed by atoms with Gasteiger partial charge in [-0.25, -0.2) is 0 Å². The number of hydrogen-bond donors (Lipinski definition) is 1. The van der Waals surface area contributed by atoms with Crippen molar-refractivity contribution in [1.29, 1.82) is 0 Å². The second-order valence-electron chi connectivity index (χ2n) is 7.28. The Morgan fingerprint density at radius 1 is 1.05 bits per heavy atom. The van der Waals surface area contributed by atoms with Gasteiger partial charge in [-0.15, -0.1) is 0 Å². The monoisotopic (exact) mass is 292 g/mol. The van der Waals surface area contributed by atoms with Gasteiger partial charge in [-0.05, 0) is 56.8 Å². The van der Waals surface area contributed by atoms with Gasteiger partial charge in [0.25, 0.3) is 0 Å². The van der Waals surface area contributed by atoms with Gasteiger partial charge in [-0.2, -0.15) is 4.98 Å². The Morgan fingerprint density at radius 2 is 1.71 bits per heavy atom. The molecule has 4 fully saturated rings. The van der Waals surface area contributed by atoms with Crippen LogP contribution in [-0.2, 0) is 10.2 Å². The smallest absolute Gasteiger partial charge is 0.232 e. The van der Waals surface area contributed by atoms with Crippen LogP contribution < -0.4 is 0 Å². The molecule has 5 rings (SSSR count). The first kappa shape index (κ1) is 13.7. The van der Waals surface area contributed by atoms with Gasteiger partial charge in [-0.1, -0.05) is 5.16 Å². The third kappa shape index (κ3) is 2.21. The van der Waals surface area contributed by atoms with Gasteiger partial charge in [0.15, 0.2) is 5.82 Å². The predicted octanol–water partition coefficient (Wildman–Crippen LogP) is 2.55. The van der Waals surface area contributed by atoms with Gasteiger partial charge in [-0.3, -0.25) is 0 Å². The first-order valence-electron chi connectivity index (χ1n) is 8.28. The van der Waals surface area contributed by atoms with E-state index in [4.69, 9.17) is 14.2 Å². The zero-order valence-corrected chi connectivity index (χ0v) is 12.5.